The van der Waals surface area contributed by atoms with E-state index in [4.69, 9.17) is 4.74 Å². The lowest BCUT2D eigenvalue weighted by atomic mass is 9.98. The number of esters is 2. The van der Waals surface area contributed by atoms with Crippen LogP contribution >= 0.6 is 0 Å². The number of ether oxygens (including phenoxy) is 2. The molecule has 6 nitrogen and oxygen atoms in total. The molecule has 1 saturated heterocycles. The molecule has 0 bridgehead atoms. The van der Waals surface area contributed by atoms with Crippen molar-refractivity contribution in [3.8, 4) is 0 Å². The zero-order valence-electron chi connectivity index (χ0n) is 10.8. The predicted molar refractivity (Wildman–Crippen MR) is 62.6 cm³/mol. The summed E-state index contributed by atoms with van der Waals surface area (Å²) >= 11 is 0. The molecule has 6 heteroatoms. The first-order valence-electron chi connectivity index (χ1n) is 6.22. The van der Waals surface area contributed by atoms with Crippen LogP contribution in [-0.2, 0) is 23.9 Å². The van der Waals surface area contributed by atoms with E-state index in [-0.39, 0.29) is 25.0 Å². The van der Waals surface area contributed by atoms with Crippen LogP contribution in [0.25, 0.3) is 0 Å². The minimum absolute atomic E-state index is 0.166. The summed E-state index contributed by atoms with van der Waals surface area (Å²) in [5.41, 5.74) is 0. The van der Waals surface area contributed by atoms with Gasteiger partial charge in [0.1, 0.15) is 0 Å². The van der Waals surface area contributed by atoms with Gasteiger partial charge in [-0.25, -0.2) is 4.79 Å². The Morgan fingerprint density at radius 2 is 1.83 bits per heavy atom. The third-order valence-electron chi connectivity index (χ3n) is 2.78. The Morgan fingerprint density at radius 1 is 1.17 bits per heavy atom. The highest BCUT2D eigenvalue weighted by Crippen LogP contribution is 2.18. The Morgan fingerprint density at radius 3 is 2.44 bits per heavy atom. The van der Waals surface area contributed by atoms with Crippen molar-refractivity contribution in [2.24, 2.45) is 5.92 Å². The summed E-state index contributed by atoms with van der Waals surface area (Å²) in [6.45, 7) is 4.58. The number of likely N-dealkylation sites (tertiary alicyclic amines) is 1. The summed E-state index contributed by atoms with van der Waals surface area (Å²) < 4.78 is 9.58. The molecule has 0 N–H and O–H groups in total. The smallest absolute Gasteiger partial charge is 0.397 e. The molecule has 102 valence electrons. The number of hydrogen-bond donors (Lipinski definition) is 0. The first-order valence-corrected chi connectivity index (χ1v) is 6.22. The molecule has 0 spiro atoms. The summed E-state index contributed by atoms with van der Waals surface area (Å²) in [5, 5.41) is 0. The maximum Gasteiger partial charge on any atom is 0.397 e. The van der Waals surface area contributed by atoms with Gasteiger partial charge in [0.15, 0.2) is 0 Å². The number of carbonyl (C=O) groups excluding carboxylic acids is 3. The van der Waals surface area contributed by atoms with Gasteiger partial charge in [0.25, 0.3) is 0 Å². The van der Waals surface area contributed by atoms with Gasteiger partial charge in [-0.05, 0) is 26.7 Å². The minimum atomic E-state index is -0.859. The van der Waals surface area contributed by atoms with Crippen LogP contribution < -0.4 is 0 Å². The van der Waals surface area contributed by atoms with Crippen molar-refractivity contribution >= 4 is 17.8 Å². The Kier molecular flexibility index (Phi) is 5.61. The average molecular weight is 257 g/mol. The highest BCUT2D eigenvalue weighted by molar-refractivity contribution is 6.32. The molecular weight excluding hydrogens is 238 g/mol. The van der Waals surface area contributed by atoms with Gasteiger partial charge in [-0.2, -0.15) is 0 Å². The van der Waals surface area contributed by atoms with Crippen LogP contribution in [0.1, 0.15) is 26.7 Å². The molecule has 1 amide bonds. The van der Waals surface area contributed by atoms with E-state index >= 15 is 0 Å². The second-order valence-corrected chi connectivity index (χ2v) is 4.06. The number of nitrogens with zero attached hydrogens (tertiary/aromatic N) is 1. The number of piperidine rings is 1. The van der Waals surface area contributed by atoms with E-state index in [1.165, 1.54) is 4.90 Å². The average Bonchev–Trinajstić information content (AvgIpc) is 2.38. The molecule has 1 atom stereocenters. The van der Waals surface area contributed by atoms with Crippen molar-refractivity contribution < 1.29 is 23.9 Å². The second-order valence-electron chi connectivity index (χ2n) is 4.06. The highest BCUT2D eigenvalue weighted by Gasteiger charge is 2.32. The summed E-state index contributed by atoms with van der Waals surface area (Å²) in [6.07, 6.45) is 1.38. The van der Waals surface area contributed by atoms with E-state index in [2.05, 4.69) is 4.74 Å². The van der Waals surface area contributed by atoms with Gasteiger partial charge in [0.05, 0.1) is 19.1 Å². The fourth-order valence-electron chi connectivity index (χ4n) is 1.94. The third kappa shape index (κ3) is 3.72. The van der Waals surface area contributed by atoms with Crippen LogP contribution in [0.4, 0.5) is 0 Å². The van der Waals surface area contributed by atoms with Crippen LogP contribution in [0.3, 0.4) is 0 Å². The monoisotopic (exact) mass is 257 g/mol. The Bertz CT molecular complexity index is 328. The predicted octanol–water partition coefficient (Wildman–Crippen LogP) is 0.351. The Hall–Kier alpha value is -1.59. The lowest BCUT2D eigenvalue weighted by Gasteiger charge is -2.30. The first-order chi connectivity index (χ1) is 8.60. The van der Waals surface area contributed by atoms with Crippen LogP contribution in [0.5, 0.6) is 0 Å². The van der Waals surface area contributed by atoms with Crippen molar-refractivity contribution in [2.75, 3.05) is 26.3 Å². The molecule has 18 heavy (non-hydrogen) atoms. The van der Waals surface area contributed by atoms with Crippen molar-refractivity contribution in [3.05, 3.63) is 0 Å². The third-order valence-corrected chi connectivity index (χ3v) is 2.78. The number of carbonyl (C=O) groups is 3. The molecule has 0 radical (unpaired) electrons. The van der Waals surface area contributed by atoms with Gasteiger partial charge in [0.2, 0.25) is 0 Å². The molecule has 1 fully saturated rings. The molecule has 0 aliphatic carbocycles. The van der Waals surface area contributed by atoms with E-state index in [0.29, 0.717) is 26.0 Å². The van der Waals surface area contributed by atoms with Crippen molar-refractivity contribution in [1.29, 1.82) is 0 Å². The molecule has 0 unspecified atom stereocenters. The van der Waals surface area contributed by atoms with Gasteiger partial charge in [0, 0.05) is 13.1 Å². The van der Waals surface area contributed by atoms with Gasteiger partial charge in [-0.3, -0.25) is 9.59 Å². The van der Waals surface area contributed by atoms with Gasteiger partial charge < -0.3 is 14.4 Å². The molecule has 1 rings (SSSR count). The minimum Gasteiger partial charge on any atom is -0.466 e. The maximum atomic E-state index is 11.7. The number of rotatable bonds is 3. The van der Waals surface area contributed by atoms with Gasteiger partial charge in [-0.15, -0.1) is 0 Å². The molecule has 0 saturated carbocycles. The number of amides is 1. The second kappa shape index (κ2) is 6.98. The summed E-state index contributed by atoms with van der Waals surface area (Å²) in [7, 11) is 0. The Balaban J connectivity index is 2.55. The Labute approximate surface area is 106 Å². The van der Waals surface area contributed by atoms with Crippen molar-refractivity contribution in [2.45, 2.75) is 26.7 Å². The van der Waals surface area contributed by atoms with Crippen LogP contribution in [0, 0.1) is 5.92 Å². The van der Waals surface area contributed by atoms with E-state index in [9.17, 15) is 14.4 Å². The molecule has 0 aromatic heterocycles. The van der Waals surface area contributed by atoms with E-state index in [1.807, 2.05) is 0 Å². The quantitative estimate of drug-likeness (QED) is 0.539. The van der Waals surface area contributed by atoms with Crippen LogP contribution in [-0.4, -0.2) is 49.0 Å². The lowest BCUT2D eigenvalue weighted by Crippen LogP contribution is -2.46. The zero-order valence-corrected chi connectivity index (χ0v) is 10.8. The molecular formula is C12H19NO5. The van der Waals surface area contributed by atoms with Crippen LogP contribution in [0.15, 0.2) is 0 Å². The van der Waals surface area contributed by atoms with Gasteiger partial charge in [-0.1, -0.05) is 0 Å². The van der Waals surface area contributed by atoms with E-state index in [0.717, 1.165) is 0 Å². The normalized spacial score (nSPS) is 19.2. The topological polar surface area (TPSA) is 72.9 Å². The summed E-state index contributed by atoms with van der Waals surface area (Å²) in [4.78, 5) is 36.0. The summed E-state index contributed by atoms with van der Waals surface area (Å²) in [5.74, 6) is -2.18. The van der Waals surface area contributed by atoms with Crippen molar-refractivity contribution in [1.82, 2.24) is 4.90 Å². The fraction of sp³-hybridized carbons (Fsp3) is 0.750. The molecule has 1 aliphatic heterocycles. The highest BCUT2D eigenvalue weighted by atomic mass is 16.5. The standard InChI is InChI=1S/C12H19NO5/c1-3-17-11(15)9-6-5-7-13(8-9)10(14)12(16)18-4-2/h9H,3-8H2,1-2H3/t9-/m0/s1. The molecule has 1 heterocycles. The fourth-order valence-corrected chi connectivity index (χ4v) is 1.94. The van der Waals surface area contributed by atoms with Gasteiger partial charge >= 0.3 is 17.8 Å². The zero-order chi connectivity index (χ0) is 13.5. The van der Waals surface area contributed by atoms with Crippen LogP contribution in [0.2, 0.25) is 0 Å². The summed E-state index contributed by atoms with van der Waals surface area (Å²) in [6, 6.07) is 0. The number of hydrogen-bond acceptors (Lipinski definition) is 5. The molecule has 1 aliphatic rings. The first kappa shape index (κ1) is 14.5. The molecule has 0 aromatic rings. The SMILES string of the molecule is CCOC(=O)C(=O)N1CCC[C@H](C(=O)OCC)C1. The molecule has 0 aromatic carbocycles. The van der Waals surface area contributed by atoms with E-state index in [1.54, 1.807) is 13.8 Å². The van der Waals surface area contributed by atoms with Crippen molar-refractivity contribution in [3.63, 3.8) is 0 Å². The maximum absolute atomic E-state index is 11.7. The lowest BCUT2D eigenvalue weighted by molar-refractivity contribution is -0.162. The van der Waals surface area contributed by atoms with E-state index < -0.39 is 11.9 Å². The largest absolute Gasteiger partial charge is 0.466 e.